The van der Waals surface area contributed by atoms with E-state index in [0.717, 1.165) is 40.2 Å². The van der Waals surface area contributed by atoms with Gasteiger partial charge in [-0.1, -0.05) is 83.6 Å². The molecule has 1 aromatic heterocycles. The predicted molar refractivity (Wildman–Crippen MR) is 137 cm³/mol. The van der Waals surface area contributed by atoms with E-state index in [-0.39, 0.29) is 11.6 Å². The van der Waals surface area contributed by atoms with Crippen LogP contribution in [0.3, 0.4) is 0 Å². The Hall–Kier alpha value is -3.70. The van der Waals surface area contributed by atoms with Gasteiger partial charge in [0, 0.05) is 11.1 Å². The number of hydrogen-bond acceptors (Lipinski definition) is 4. The number of benzene rings is 3. The van der Waals surface area contributed by atoms with Crippen molar-refractivity contribution in [2.24, 2.45) is 4.99 Å². The van der Waals surface area contributed by atoms with Crippen molar-refractivity contribution in [3.63, 3.8) is 0 Å². The molecule has 5 heteroatoms. The second-order valence-corrected chi connectivity index (χ2v) is 9.78. The first kappa shape index (κ1) is 20.9. The monoisotopic (exact) mass is 464 g/mol. The summed E-state index contributed by atoms with van der Waals surface area (Å²) >= 11 is 1.46. The Balaban J connectivity index is 1.65. The van der Waals surface area contributed by atoms with Gasteiger partial charge >= 0.3 is 0 Å². The number of aryl methyl sites for hydroxylation is 2. The van der Waals surface area contributed by atoms with Gasteiger partial charge in [0.05, 0.1) is 23.4 Å². The van der Waals surface area contributed by atoms with Crippen molar-refractivity contribution in [1.82, 2.24) is 4.57 Å². The first-order valence-electron chi connectivity index (χ1n) is 11.5. The molecule has 4 nitrogen and oxygen atoms in total. The highest BCUT2D eigenvalue weighted by Gasteiger charge is 2.33. The SMILES string of the molecule is COc1ccccc1[C@@H]1C2=C(N=c3s/c(=C\c4cccc(C)c4)c(=O)n31)c1ccccc1CC2. The summed E-state index contributed by atoms with van der Waals surface area (Å²) in [5.74, 6) is 0.786. The van der Waals surface area contributed by atoms with Crippen LogP contribution in [0.2, 0.25) is 0 Å². The molecule has 4 aromatic rings. The van der Waals surface area contributed by atoms with E-state index >= 15 is 0 Å². The molecule has 1 atom stereocenters. The lowest BCUT2D eigenvalue weighted by atomic mass is 9.83. The lowest BCUT2D eigenvalue weighted by molar-refractivity contribution is 0.402. The molecule has 0 N–H and O–H groups in total. The average molecular weight is 465 g/mol. The second-order valence-electron chi connectivity index (χ2n) is 8.77. The molecular formula is C29H24N2O2S. The zero-order valence-electron chi connectivity index (χ0n) is 19.1. The summed E-state index contributed by atoms with van der Waals surface area (Å²) in [6, 6.07) is 24.5. The maximum Gasteiger partial charge on any atom is 0.271 e. The fourth-order valence-corrected chi connectivity index (χ4v) is 6.10. The first-order chi connectivity index (χ1) is 16.6. The van der Waals surface area contributed by atoms with Crippen LogP contribution in [0.5, 0.6) is 5.75 Å². The van der Waals surface area contributed by atoms with Gasteiger partial charge in [-0.05, 0) is 48.6 Å². The minimum Gasteiger partial charge on any atom is -0.496 e. The van der Waals surface area contributed by atoms with Gasteiger partial charge in [0.25, 0.3) is 5.56 Å². The standard InChI is InChI=1S/C29H24N2O2S/c1-18-8-7-9-19(16-18)17-25-28(32)31-27(22-12-5-6-13-24(22)33-2)23-15-14-20-10-3-4-11-21(20)26(23)30-29(31)34-25/h3-13,16-17,27H,14-15H2,1-2H3/b25-17-/t27-/m1/s1. The van der Waals surface area contributed by atoms with Crippen LogP contribution in [0.4, 0.5) is 0 Å². The van der Waals surface area contributed by atoms with E-state index in [2.05, 4.69) is 49.4 Å². The third-order valence-electron chi connectivity index (χ3n) is 6.65. The Morgan fingerprint density at radius 1 is 1.03 bits per heavy atom. The van der Waals surface area contributed by atoms with Crippen LogP contribution in [-0.4, -0.2) is 11.7 Å². The van der Waals surface area contributed by atoms with Crippen molar-refractivity contribution in [3.05, 3.63) is 126 Å². The van der Waals surface area contributed by atoms with E-state index in [1.807, 2.05) is 41.0 Å². The van der Waals surface area contributed by atoms with Crippen LogP contribution in [0.25, 0.3) is 11.8 Å². The van der Waals surface area contributed by atoms with Gasteiger partial charge < -0.3 is 4.74 Å². The molecule has 6 rings (SSSR count). The number of thiazole rings is 1. The van der Waals surface area contributed by atoms with Crippen molar-refractivity contribution in [2.45, 2.75) is 25.8 Å². The van der Waals surface area contributed by atoms with Crippen molar-refractivity contribution >= 4 is 23.1 Å². The Labute approximate surface area is 201 Å². The van der Waals surface area contributed by atoms with Gasteiger partial charge in [0.1, 0.15) is 5.75 Å². The maximum absolute atomic E-state index is 13.8. The molecule has 2 aliphatic rings. The van der Waals surface area contributed by atoms with Crippen molar-refractivity contribution in [3.8, 4) is 5.75 Å². The highest BCUT2D eigenvalue weighted by atomic mass is 32.1. The highest BCUT2D eigenvalue weighted by Crippen LogP contribution is 2.43. The quantitative estimate of drug-likeness (QED) is 0.444. The summed E-state index contributed by atoms with van der Waals surface area (Å²) in [4.78, 5) is 19.6. The number of para-hydroxylation sites is 1. The van der Waals surface area contributed by atoms with E-state index in [1.54, 1.807) is 7.11 Å². The zero-order valence-corrected chi connectivity index (χ0v) is 19.9. The largest absolute Gasteiger partial charge is 0.496 e. The molecule has 34 heavy (non-hydrogen) atoms. The molecule has 0 saturated carbocycles. The number of aromatic nitrogens is 1. The summed E-state index contributed by atoms with van der Waals surface area (Å²) in [6.07, 6.45) is 3.77. The molecular weight excluding hydrogens is 440 g/mol. The number of methoxy groups -OCH3 is 1. The van der Waals surface area contributed by atoms with Gasteiger partial charge in [-0.25, -0.2) is 4.99 Å². The highest BCUT2D eigenvalue weighted by molar-refractivity contribution is 7.07. The summed E-state index contributed by atoms with van der Waals surface area (Å²) in [5, 5.41) is 0. The number of hydrogen-bond donors (Lipinski definition) is 0. The topological polar surface area (TPSA) is 43.6 Å². The maximum atomic E-state index is 13.8. The lowest BCUT2D eigenvalue weighted by Gasteiger charge is -2.31. The number of rotatable bonds is 3. The van der Waals surface area contributed by atoms with Gasteiger partial charge in [-0.2, -0.15) is 0 Å². The van der Waals surface area contributed by atoms with Gasteiger partial charge in [0.2, 0.25) is 0 Å². The van der Waals surface area contributed by atoms with Gasteiger partial charge in [-0.15, -0.1) is 0 Å². The minimum atomic E-state index is -0.240. The fraction of sp³-hybridized carbons (Fsp3) is 0.172. The van der Waals surface area contributed by atoms with Gasteiger partial charge in [0.15, 0.2) is 4.80 Å². The van der Waals surface area contributed by atoms with E-state index in [0.29, 0.717) is 4.53 Å². The van der Waals surface area contributed by atoms with Crippen LogP contribution < -0.4 is 19.6 Å². The summed E-state index contributed by atoms with van der Waals surface area (Å²) in [7, 11) is 1.69. The van der Waals surface area contributed by atoms with Crippen LogP contribution >= 0.6 is 11.3 Å². The molecule has 0 amide bonds. The molecule has 0 bridgehead atoms. The fourth-order valence-electron chi connectivity index (χ4n) is 5.10. The summed E-state index contributed by atoms with van der Waals surface area (Å²) < 4.78 is 8.31. The van der Waals surface area contributed by atoms with Crippen molar-refractivity contribution in [1.29, 1.82) is 0 Å². The number of ether oxygens (including phenoxy) is 1. The molecule has 3 aromatic carbocycles. The lowest BCUT2D eigenvalue weighted by Crippen LogP contribution is -2.39. The van der Waals surface area contributed by atoms with Crippen LogP contribution in [0, 0.1) is 6.92 Å². The third kappa shape index (κ3) is 3.35. The number of allylic oxidation sites excluding steroid dienone is 1. The van der Waals surface area contributed by atoms with Crippen LogP contribution in [-0.2, 0) is 6.42 Å². The number of fused-ring (bicyclic) bond motifs is 3. The third-order valence-corrected chi connectivity index (χ3v) is 7.63. The Morgan fingerprint density at radius 3 is 2.71 bits per heavy atom. The van der Waals surface area contributed by atoms with Crippen LogP contribution in [0.15, 0.2) is 88.2 Å². The molecule has 0 radical (unpaired) electrons. The average Bonchev–Trinajstić information content (AvgIpc) is 3.17. The summed E-state index contributed by atoms with van der Waals surface area (Å²) in [6.45, 7) is 2.06. The second kappa shape index (κ2) is 8.26. The molecule has 0 saturated heterocycles. The molecule has 2 heterocycles. The molecule has 0 spiro atoms. The number of nitrogens with zero attached hydrogens (tertiary/aromatic N) is 2. The van der Waals surface area contributed by atoms with E-state index in [9.17, 15) is 4.79 Å². The molecule has 168 valence electrons. The normalized spacial score (nSPS) is 17.0. The Bertz CT molecular complexity index is 1640. The van der Waals surface area contributed by atoms with Crippen LogP contribution in [0.1, 0.15) is 40.3 Å². The van der Waals surface area contributed by atoms with Gasteiger partial charge in [-0.3, -0.25) is 9.36 Å². The predicted octanol–water partition coefficient (Wildman–Crippen LogP) is 4.64. The first-order valence-corrected chi connectivity index (χ1v) is 12.3. The Morgan fingerprint density at radius 2 is 1.85 bits per heavy atom. The van der Waals surface area contributed by atoms with Crippen molar-refractivity contribution in [2.75, 3.05) is 7.11 Å². The summed E-state index contributed by atoms with van der Waals surface area (Å²) in [5.41, 5.74) is 7.83. The molecule has 0 fully saturated rings. The molecule has 0 unspecified atom stereocenters. The molecule has 1 aliphatic heterocycles. The van der Waals surface area contributed by atoms with E-state index < -0.39 is 0 Å². The smallest absolute Gasteiger partial charge is 0.271 e. The van der Waals surface area contributed by atoms with Crippen molar-refractivity contribution < 1.29 is 4.74 Å². The minimum absolute atomic E-state index is 0.00780. The molecule has 1 aliphatic carbocycles. The zero-order chi connectivity index (χ0) is 23.2. The Kier molecular flexibility index (Phi) is 5.07. The van der Waals surface area contributed by atoms with E-state index in [1.165, 1.54) is 33.6 Å². The van der Waals surface area contributed by atoms with E-state index in [4.69, 9.17) is 9.73 Å².